The summed E-state index contributed by atoms with van der Waals surface area (Å²) in [5, 5.41) is 15.3. The standard InChI is InChI=1S/C37H48FN7O2/c1-4-34-31(35(42-29-13-17-47-18-14-29)32-24-41-45(5-2)36(32)43-34)23-40-37(46)39-22-27-9-10-33(38)30(21-27)28-8-6-7-26(20-28)19-25-11-15-44(3)16-12-25/h6-10,20-21,24-25,29H,4-5,11-19,22-23H2,1-3H3,(H,42,43)(H2,39,40,46). The highest BCUT2D eigenvalue weighted by Gasteiger charge is 2.22. The van der Waals surface area contributed by atoms with E-state index in [9.17, 15) is 4.79 Å². The van der Waals surface area contributed by atoms with Crippen LogP contribution >= 0.6 is 0 Å². The van der Waals surface area contributed by atoms with Crippen molar-refractivity contribution in [2.24, 2.45) is 5.92 Å². The molecule has 4 aromatic rings. The van der Waals surface area contributed by atoms with Crippen molar-refractivity contribution in [1.29, 1.82) is 0 Å². The number of aromatic nitrogens is 3. The Bertz CT molecular complexity index is 1670. The maximum atomic E-state index is 15.1. The van der Waals surface area contributed by atoms with Crippen molar-refractivity contribution in [2.75, 3.05) is 38.7 Å². The molecule has 0 atom stereocenters. The van der Waals surface area contributed by atoms with E-state index in [2.05, 4.69) is 59.0 Å². The van der Waals surface area contributed by atoms with Gasteiger partial charge in [0.2, 0.25) is 0 Å². The van der Waals surface area contributed by atoms with E-state index in [4.69, 9.17) is 9.72 Å². The third kappa shape index (κ3) is 7.93. The van der Waals surface area contributed by atoms with E-state index < -0.39 is 0 Å². The molecule has 0 radical (unpaired) electrons. The van der Waals surface area contributed by atoms with E-state index in [1.165, 1.54) is 24.5 Å². The number of carbonyl (C=O) groups is 1. The van der Waals surface area contributed by atoms with Crippen LogP contribution in [-0.2, 0) is 37.2 Å². The van der Waals surface area contributed by atoms with Crippen molar-refractivity contribution < 1.29 is 13.9 Å². The van der Waals surface area contributed by atoms with Crippen molar-refractivity contribution in [3.63, 3.8) is 0 Å². The highest BCUT2D eigenvalue weighted by atomic mass is 19.1. The van der Waals surface area contributed by atoms with Gasteiger partial charge >= 0.3 is 6.03 Å². The molecule has 0 aliphatic carbocycles. The Morgan fingerprint density at radius 2 is 1.79 bits per heavy atom. The quantitative estimate of drug-likeness (QED) is 0.178. The number of halogens is 1. The van der Waals surface area contributed by atoms with Gasteiger partial charge in [0.25, 0.3) is 0 Å². The van der Waals surface area contributed by atoms with Gasteiger partial charge in [-0.2, -0.15) is 5.10 Å². The lowest BCUT2D eigenvalue weighted by Crippen LogP contribution is -2.35. The van der Waals surface area contributed by atoms with E-state index in [1.807, 2.05) is 29.1 Å². The summed E-state index contributed by atoms with van der Waals surface area (Å²) in [6.07, 6.45) is 7.84. The molecule has 2 saturated heterocycles. The Morgan fingerprint density at radius 1 is 1.00 bits per heavy atom. The van der Waals surface area contributed by atoms with Gasteiger partial charge in [0.15, 0.2) is 5.65 Å². The fraction of sp³-hybridized carbons (Fsp3) is 0.486. The van der Waals surface area contributed by atoms with Crippen molar-refractivity contribution >= 4 is 22.8 Å². The minimum absolute atomic E-state index is 0.263. The molecule has 4 heterocycles. The number of nitrogens with zero attached hydrogens (tertiary/aromatic N) is 4. The van der Waals surface area contributed by atoms with Crippen LogP contribution < -0.4 is 16.0 Å². The number of benzene rings is 2. The molecule has 0 spiro atoms. The number of hydrogen-bond donors (Lipinski definition) is 3. The highest BCUT2D eigenvalue weighted by molar-refractivity contribution is 5.92. The Morgan fingerprint density at radius 3 is 2.55 bits per heavy atom. The lowest BCUT2D eigenvalue weighted by molar-refractivity contribution is 0.0904. The zero-order chi connectivity index (χ0) is 32.8. The summed E-state index contributed by atoms with van der Waals surface area (Å²) in [6.45, 7) is 9.19. The molecule has 2 amide bonds. The molecule has 0 saturated carbocycles. The lowest BCUT2D eigenvalue weighted by atomic mass is 9.89. The molecule has 0 bridgehead atoms. The lowest BCUT2D eigenvalue weighted by Gasteiger charge is -2.29. The SMILES string of the molecule is CCc1nc2c(cnn2CC)c(NC2CCOCC2)c1CNC(=O)NCc1ccc(F)c(-c2cccc(CC3CCN(C)CC3)c2)c1. The third-order valence-corrected chi connectivity index (χ3v) is 9.69. The first-order valence-electron chi connectivity index (χ1n) is 17.2. The minimum Gasteiger partial charge on any atom is -0.381 e. The van der Waals surface area contributed by atoms with Crippen molar-refractivity contribution in [3.8, 4) is 11.1 Å². The molecular weight excluding hydrogens is 593 g/mol. The van der Waals surface area contributed by atoms with Crippen LogP contribution in [0, 0.1) is 11.7 Å². The fourth-order valence-electron chi connectivity index (χ4n) is 6.88. The van der Waals surface area contributed by atoms with Crippen molar-refractivity contribution in [3.05, 3.63) is 76.9 Å². The number of amides is 2. The second-order valence-electron chi connectivity index (χ2n) is 13.0. The molecule has 6 rings (SSSR count). The van der Waals surface area contributed by atoms with E-state index in [0.29, 0.717) is 18.0 Å². The number of ether oxygens (including phenoxy) is 1. The average molecular weight is 642 g/mol. The molecule has 2 aromatic carbocycles. The van der Waals surface area contributed by atoms with Crippen molar-refractivity contribution in [1.82, 2.24) is 30.3 Å². The Kier molecular flexibility index (Phi) is 10.7. The highest BCUT2D eigenvalue weighted by Crippen LogP contribution is 2.32. The molecule has 2 aromatic heterocycles. The molecule has 250 valence electrons. The summed E-state index contributed by atoms with van der Waals surface area (Å²) in [5.74, 6) is 0.398. The van der Waals surface area contributed by atoms with Crippen LogP contribution in [0.1, 0.15) is 61.9 Å². The van der Waals surface area contributed by atoms with Gasteiger partial charge in [-0.1, -0.05) is 37.3 Å². The largest absolute Gasteiger partial charge is 0.381 e. The molecular formula is C37H48FN7O2. The fourth-order valence-corrected chi connectivity index (χ4v) is 6.88. The summed E-state index contributed by atoms with van der Waals surface area (Å²) in [7, 11) is 2.18. The second-order valence-corrected chi connectivity index (χ2v) is 13.0. The summed E-state index contributed by atoms with van der Waals surface area (Å²) < 4.78 is 22.6. The van der Waals surface area contributed by atoms with E-state index in [-0.39, 0.29) is 24.4 Å². The zero-order valence-corrected chi connectivity index (χ0v) is 27.9. The second kappa shape index (κ2) is 15.3. The van der Waals surface area contributed by atoms with Crippen LogP contribution in [0.25, 0.3) is 22.2 Å². The van der Waals surface area contributed by atoms with Crippen LogP contribution in [-0.4, -0.2) is 65.1 Å². The first-order chi connectivity index (χ1) is 22.9. The third-order valence-electron chi connectivity index (χ3n) is 9.69. The van der Waals surface area contributed by atoms with Gasteiger partial charge < -0.3 is 25.6 Å². The number of hydrogen-bond acceptors (Lipinski definition) is 6. The predicted molar refractivity (Wildman–Crippen MR) is 185 cm³/mol. The molecule has 2 aliphatic rings. The number of piperidine rings is 1. The number of pyridine rings is 1. The predicted octanol–water partition coefficient (Wildman–Crippen LogP) is 6.29. The van der Waals surface area contributed by atoms with E-state index >= 15 is 4.39 Å². The molecule has 3 N–H and O–H groups in total. The molecule has 9 nitrogen and oxygen atoms in total. The smallest absolute Gasteiger partial charge is 0.315 e. The van der Waals surface area contributed by atoms with Gasteiger partial charge in [-0.05, 0) is 100 Å². The number of carbonyl (C=O) groups excluding carboxylic acids is 1. The van der Waals surface area contributed by atoms with Gasteiger partial charge in [0.1, 0.15) is 5.82 Å². The average Bonchev–Trinajstić information content (AvgIpc) is 3.51. The topological polar surface area (TPSA) is 96.3 Å². The number of anilines is 1. The molecule has 47 heavy (non-hydrogen) atoms. The number of nitrogens with one attached hydrogen (secondary N) is 3. The van der Waals surface area contributed by atoms with Gasteiger partial charge in [-0.15, -0.1) is 0 Å². The van der Waals surface area contributed by atoms with Gasteiger partial charge in [-0.25, -0.2) is 18.9 Å². The molecule has 10 heteroatoms. The Balaban J connectivity index is 1.13. The van der Waals surface area contributed by atoms with Crippen LogP contribution in [0.2, 0.25) is 0 Å². The van der Waals surface area contributed by atoms with Crippen LogP contribution in [0.3, 0.4) is 0 Å². The number of urea groups is 1. The first-order valence-corrected chi connectivity index (χ1v) is 17.2. The number of aryl methyl sites for hydroxylation is 2. The Labute approximate surface area is 277 Å². The number of likely N-dealkylation sites (tertiary alicyclic amines) is 1. The number of fused-ring (bicyclic) bond motifs is 1. The van der Waals surface area contributed by atoms with E-state index in [1.54, 1.807) is 6.07 Å². The van der Waals surface area contributed by atoms with Crippen LogP contribution in [0.15, 0.2) is 48.7 Å². The minimum atomic E-state index is -0.292. The number of rotatable bonds is 11. The van der Waals surface area contributed by atoms with Crippen LogP contribution in [0.5, 0.6) is 0 Å². The van der Waals surface area contributed by atoms with Gasteiger partial charge in [-0.3, -0.25) is 0 Å². The molecule has 0 unspecified atom stereocenters. The summed E-state index contributed by atoms with van der Waals surface area (Å²) in [6, 6.07) is 13.3. The summed E-state index contributed by atoms with van der Waals surface area (Å²) >= 11 is 0. The van der Waals surface area contributed by atoms with E-state index in [0.717, 1.165) is 97.6 Å². The van der Waals surface area contributed by atoms with Crippen LogP contribution in [0.4, 0.5) is 14.9 Å². The maximum Gasteiger partial charge on any atom is 0.315 e. The molecule has 2 aliphatic heterocycles. The van der Waals surface area contributed by atoms with Gasteiger partial charge in [0.05, 0.1) is 17.3 Å². The van der Waals surface area contributed by atoms with Gasteiger partial charge in [0, 0.05) is 55.7 Å². The monoisotopic (exact) mass is 641 g/mol. The van der Waals surface area contributed by atoms with Crippen molar-refractivity contribution in [2.45, 2.75) is 78.0 Å². The summed E-state index contributed by atoms with van der Waals surface area (Å²) in [4.78, 5) is 20.5. The summed E-state index contributed by atoms with van der Waals surface area (Å²) in [5.41, 5.74) is 7.25. The molecule has 2 fully saturated rings. The zero-order valence-electron chi connectivity index (χ0n) is 27.9. The maximum absolute atomic E-state index is 15.1. The normalized spacial score (nSPS) is 16.4. The Hall–Kier alpha value is -4.02. The first kappa shape index (κ1) is 32.9.